The molecule has 0 radical (unpaired) electrons. The molecule has 0 bridgehead atoms. The molecule has 7 N–H and O–H groups in total. The molecule has 0 aliphatic heterocycles. The van der Waals surface area contributed by atoms with Crippen LogP contribution in [0.4, 0.5) is 28.4 Å². The predicted octanol–water partition coefficient (Wildman–Crippen LogP) is 5.17. The van der Waals surface area contributed by atoms with Gasteiger partial charge in [0.25, 0.3) is 30.4 Å². The lowest BCUT2D eigenvalue weighted by molar-refractivity contribution is 0.481. The van der Waals surface area contributed by atoms with E-state index in [1.807, 2.05) is 0 Å². The van der Waals surface area contributed by atoms with Gasteiger partial charge in [-0.15, -0.1) is 10.2 Å². The molecule has 0 fully saturated rings. The number of nitrogens with one attached hydrogen (secondary N) is 2. The summed E-state index contributed by atoms with van der Waals surface area (Å²) in [4.78, 5) is -1.10. The highest BCUT2D eigenvalue weighted by molar-refractivity contribution is 7.86. The van der Waals surface area contributed by atoms with E-state index in [1.165, 1.54) is 72.8 Å². The van der Waals surface area contributed by atoms with Gasteiger partial charge in [0.1, 0.15) is 4.90 Å². The van der Waals surface area contributed by atoms with E-state index in [9.17, 15) is 34.4 Å². The second-order valence-corrected chi connectivity index (χ2v) is 13.3. The smallest absolute Gasteiger partial charge is 0.295 e. The summed E-state index contributed by atoms with van der Waals surface area (Å²) in [6, 6.07) is 19.2. The normalized spacial score (nSPS) is 12.6. The van der Waals surface area contributed by atoms with Crippen molar-refractivity contribution in [3.8, 4) is 0 Å². The van der Waals surface area contributed by atoms with Crippen LogP contribution in [0.15, 0.2) is 110 Å². The third-order valence-electron chi connectivity index (χ3n) is 6.31. The second-order valence-electron chi connectivity index (χ2n) is 9.09. The Kier molecular flexibility index (Phi) is 7.55. The topological polar surface area (TPSA) is 238 Å². The Bertz CT molecular complexity index is 2270. The van der Waals surface area contributed by atoms with Crippen molar-refractivity contribution in [2.24, 2.45) is 10.2 Å². The average molecular weight is 644 g/mol. The Hall–Kier alpha value is -4.65. The van der Waals surface area contributed by atoms with E-state index in [4.69, 9.17) is 10.3 Å². The maximum atomic E-state index is 11.9. The number of nitrogens with two attached hydrogens (primary N) is 1. The van der Waals surface area contributed by atoms with Crippen LogP contribution in [0.1, 0.15) is 0 Å². The van der Waals surface area contributed by atoms with Gasteiger partial charge in [0.2, 0.25) is 0 Å². The Labute approximate surface area is 245 Å². The molecule has 43 heavy (non-hydrogen) atoms. The van der Waals surface area contributed by atoms with Crippen LogP contribution in [0.5, 0.6) is 0 Å². The number of hydrogen-bond donors (Lipinski definition) is 6. The first kappa shape index (κ1) is 29.8. The molecular weight excluding hydrogens is 623 g/mol. The molecule has 0 aliphatic rings. The van der Waals surface area contributed by atoms with Gasteiger partial charge < -0.3 is 16.6 Å². The fourth-order valence-corrected chi connectivity index (χ4v) is 6.04. The molecule has 14 nitrogen and oxygen atoms in total. The van der Waals surface area contributed by atoms with Gasteiger partial charge in [0.05, 0.1) is 32.5 Å². The minimum atomic E-state index is -4.61. The molecule has 0 spiro atoms. The summed E-state index contributed by atoms with van der Waals surface area (Å²) in [6.45, 7) is 0. The first-order valence-electron chi connectivity index (χ1n) is 12.0. The third kappa shape index (κ3) is 6.26. The number of fused-ring (bicyclic) bond motifs is 2. The summed E-state index contributed by atoms with van der Waals surface area (Å²) >= 11 is 0. The van der Waals surface area contributed by atoms with E-state index in [2.05, 4.69) is 21.1 Å². The lowest BCUT2D eigenvalue weighted by Crippen LogP contribution is -2.09. The van der Waals surface area contributed by atoms with Crippen LogP contribution in [0.2, 0.25) is 0 Å². The quantitative estimate of drug-likeness (QED) is 0.0556. The Morgan fingerprint density at radius 3 is 1.81 bits per heavy atom. The van der Waals surface area contributed by atoms with Crippen molar-refractivity contribution in [2.75, 3.05) is 16.6 Å². The van der Waals surface area contributed by atoms with Crippen LogP contribution in [0.25, 0.3) is 21.5 Å². The van der Waals surface area contributed by atoms with Crippen LogP contribution in [-0.2, 0) is 30.4 Å². The highest BCUT2D eigenvalue weighted by Crippen LogP contribution is 2.38. The maximum Gasteiger partial charge on any atom is 0.295 e. The van der Waals surface area contributed by atoms with E-state index in [1.54, 1.807) is 12.1 Å². The predicted molar refractivity (Wildman–Crippen MR) is 160 cm³/mol. The van der Waals surface area contributed by atoms with Gasteiger partial charge in [-0.25, -0.2) is 0 Å². The monoisotopic (exact) mass is 643 g/mol. The highest BCUT2D eigenvalue weighted by atomic mass is 32.2. The first-order chi connectivity index (χ1) is 20.1. The van der Waals surface area contributed by atoms with Gasteiger partial charge in [0, 0.05) is 27.2 Å². The number of azo groups is 1. The molecule has 0 amide bonds. The first-order valence-corrected chi connectivity index (χ1v) is 16.3. The molecule has 5 aromatic rings. The van der Waals surface area contributed by atoms with Crippen LogP contribution < -0.4 is 16.6 Å². The number of nitrogen functional groups attached to an aromatic ring is 1. The van der Waals surface area contributed by atoms with Gasteiger partial charge in [-0.3, -0.25) is 13.7 Å². The van der Waals surface area contributed by atoms with Gasteiger partial charge in [0.15, 0.2) is 0 Å². The minimum Gasteiger partial charge on any atom is -0.398 e. The molecule has 222 valence electrons. The maximum absolute atomic E-state index is 11.9. The van der Waals surface area contributed by atoms with E-state index >= 15 is 0 Å². The van der Waals surface area contributed by atoms with Crippen molar-refractivity contribution in [3.05, 3.63) is 84.9 Å². The van der Waals surface area contributed by atoms with Crippen molar-refractivity contribution in [1.82, 2.24) is 0 Å². The van der Waals surface area contributed by atoms with Crippen molar-refractivity contribution < 1.29 is 38.9 Å². The van der Waals surface area contributed by atoms with E-state index in [-0.39, 0.29) is 38.1 Å². The molecule has 17 heteroatoms. The van der Waals surface area contributed by atoms with Crippen molar-refractivity contribution in [2.45, 2.75) is 14.7 Å². The number of rotatable bonds is 8. The molecule has 0 aliphatic carbocycles. The molecule has 0 saturated carbocycles. The van der Waals surface area contributed by atoms with Crippen molar-refractivity contribution in [3.63, 3.8) is 0 Å². The van der Waals surface area contributed by atoms with E-state index in [0.29, 0.717) is 16.8 Å². The van der Waals surface area contributed by atoms with Crippen LogP contribution in [0.3, 0.4) is 0 Å². The van der Waals surface area contributed by atoms with Crippen LogP contribution in [-0.4, -0.2) is 38.9 Å². The molecule has 0 saturated heterocycles. The number of hydrogen-bond acceptors (Lipinski definition) is 11. The Morgan fingerprint density at radius 1 is 0.581 bits per heavy atom. The van der Waals surface area contributed by atoms with E-state index < -0.39 is 40.1 Å². The van der Waals surface area contributed by atoms with Crippen LogP contribution >= 0.6 is 0 Å². The summed E-state index contributed by atoms with van der Waals surface area (Å²) < 4.78 is 98.6. The molecule has 5 aromatic carbocycles. The molecule has 0 atom stereocenters. The molecule has 0 unspecified atom stereocenters. The minimum absolute atomic E-state index is 0.0511. The SMILES string of the molecule is Nc1ccc(N=Nc2ccc(NNc3ccc(S(=O)(=O)O)cc3)c3ccc(S(=O)(=O)O)cc23)c2cccc(S(=O)(=O)O)c12. The average Bonchev–Trinajstić information content (AvgIpc) is 2.94. The van der Waals surface area contributed by atoms with Crippen molar-refractivity contribution >= 4 is 80.3 Å². The number of nitrogens with zero attached hydrogens (tertiary/aromatic N) is 2. The highest BCUT2D eigenvalue weighted by Gasteiger charge is 2.18. The summed E-state index contributed by atoms with van der Waals surface area (Å²) in [5.41, 5.74) is 13.1. The summed E-state index contributed by atoms with van der Waals surface area (Å²) in [6.07, 6.45) is 0. The molecular formula is C26H21N5O9S3. The van der Waals surface area contributed by atoms with Crippen LogP contribution in [0, 0.1) is 0 Å². The fourth-order valence-electron chi connectivity index (χ4n) is 4.31. The summed E-state index contributed by atoms with van der Waals surface area (Å²) in [7, 11) is -13.6. The van der Waals surface area contributed by atoms with Gasteiger partial charge >= 0.3 is 0 Å². The summed E-state index contributed by atoms with van der Waals surface area (Å²) in [5, 5.41) is 9.53. The number of anilines is 3. The zero-order valence-corrected chi connectivity index (χ0v) is 24.0. The third-order valence-corrected chi connectivity index (χ3v) is 8.93. The lowest BCUT2D eigenvalue weighted by atomic mass is 10.1. The summed E-state index contributed by atoms with van der Waals surface area (Å²) in [5.74, 6) is 0. The second kappa shape index (κ2) is 10.9. The molecule has 5 rings (SSSR count). The van der Waals surface area contributed by atoms with Gasteiger partial charge in [-0.05, 0) is 66.7 Å². The lowest BCUT2D eigenvalue weighted by Gasteiger charge is -2.14. The van der Waals surface area contributed by atoms with Crippen molar-refractivity contribution in [1.29, 1.82) is 0 Å². The zero-order chi connectivity index (χ0) is 31.2. The number of hydrazine groups is 1. The zero-order valence-electron chi connectivity index (χ0n) is 21.6. The molecule has 0 aromatic heterocycles. The Morgan fingerprint density at radius 2 is 1.19 bits per heavy atom. The standard InChI is InChI=1S/C26H21N5O9S3/c27-21-10-11-23(19-2-1-3-25(26(19)21)43(38,39)40)30-31-24-13-12-22(18-9-8-17(14-20(18)24)42(35,36)37)29-28-15-4-6-16(7-5-15)41(32,33)34/h1-14,28-29H,27H2,(H,32,33,34)(H,35,36,37)(H,38,39,40). The Balaban J connectivity index is 1.57. The largest absolute Gasteiger partial charge is 0.398 e. The number of benzene rings is 5. The van der Waals surface area contributed by atoms with Gasteiger partial charge in [-0.1, -0.05) is 18.2 Å². The van der Waals surface area contributed by atoms with E-state index in [0.717, 1.165) is 0 Å². The molecule has 0 heterocycles. The van der Waals surface area contributed by atoms with Gasteiger partial charge in [-0.2, -0.15) is 25.3 Å². The fraction of sp³-hybridized carbons (Fsp3) is 0.